The molecule has 0 unspecified atom stereocenters. The lowest BCUT2D eigenvalue weighted by Crippen LogP contribution is -2.47. The van der Waals surface area contributed by atoms with E-state index in [1.807, 2.05) is 0 Å². The molecule has 1 aliphatic rings. The van der Waals surface area contributed by atoms with E-state index in [-0.39, 0.29) is 23.6 Å². The number of hydrogen-bond donors (Lipinski definition) is 0. The van der Waals surface area contributed by atoms with Crippen molar-refractivity contribution in [1.82, 2.24) is 9.80 Å². The summed E-state index contributed by atoms with van der Waals surface area (Å²) in [5.74, 6) is -0.247. The quantitative estimate of drug-likeness (QED) is 0.776. The predicted octanol–water partition coefficient (Wildman–Crippen LogP) is 3.78. The van der Waals surface area contributed by atoms with Crippen molar-refractivity contribution in [3.05, 3.63) is 29.8 Å². The van der Waals surface area contributed by atoms with Crippen LogP contribution in [0.3, 0.4) is 0 Å². The summed E-state index contributed by atoms with van der Waals surface area (Å²) >= 11 is 0. The van der Waals surface area contributed by atoms with E-state index in [4.69, 9.17) is 0 Å². The molecule has 1 fully saturated rings. The van der Waals surface area contributed by atoms with Crippen LogP contribution in [0, 0.1) is 5.92 Å². The Morgan fingerprint density at radius 3 is 2.24 bits per heavy atom. The Bertz CT molecular complexity index is 567. The minimum Gasteiger partial charge on any atom is -0.406 e. The lowest BCUT2D eigenvalue weighted by molar-refractivity contribution is -0.274. The van der Waals surface area contributed by atoms with Crippen molar-refractivity contribution >= 4 is 5.91 Å². The van der Waals surface area contributed by atoms with Crippen LogP contribution < -0.4 is 4.74 Å². The number of likely N-dealkylation sites (N-methyl/N-ethyl adjacent to an activating group) is 1. The maximum Gasteiger partial charge on any atom is 0.573 e. The number of ether oxygens (including phenoxy) is 1. The van der Waals surface area contributed by atoms with E-state index in [1.54, 1.807) is 11.9 Å². The third-order valence-electron chi connectivity index (χ3n) is 4.57. The molecule has 1 heterocycles. The van der Waals surface area contributed by atoms with Crippen molar-refractivity contribution in [3.8, 4) is 5.75 Å². The fourth-order valence-corrected chi connectivity index (χ4v) is 3.16. The Balaban J connectivity index is 2.05. The van der Waals surface area contributed by atoms with Gasteiger partial charge in [0.25, 0.3) is 5.91 Å². The van der Waals surface area contributed by atoms with Crippen molar-refractivity contribution in [2.24, 2.45) is 5.92 Å². The molecular formula is C18H25F3N2O2. The van der Waals surface area contributed by atoms with Crippen LogP contribution in [0.4, 0.5) is 13.2 Å². The molecule has 0 saturated carbocycles. The van der Waals surface area contributed by atoms with Gasteiger partial charge >= 0.3 is 6.36 Å². The van der Waals surface area contributed by atoms with Gasteiger partial charge in [-0.2, -0.15) is 0 Å². The number of likely N-dealkylation sites (tertiary alicyclic amines) is 1. The summed E-state index contributed by atoms with van der Waals surface area (Å²) < 4.78 is 40.5. The Labute approximate surface area is 146 Å². The Hall–Kier alpha value is -1.76. The second kappa shape index (κ2) is 8.08. The molecule has 4 nitrogen and oxygen atoms in total. The summed E-state index contributed by atoms with van der Waals surface area (Å²) in [6.07, 6.45) is -2.37. The predicted molar refractivity (Wildman–Crippen MR) is 89.5 cm³/mol. The molecule has 0 N–H and O–H groups in total. The molecule has 0 radical (unpaired) electrons. The van der Waals surface area contributed by atoms with E-state index in [0.29, 0.717) is 5.56 Å². The highest BCUT2D eigenvalue weighted by atomic mass is 19.4. The van der Waals surface area contributed by atoms with Gasteiger partial charge in [-0.3, -0.25) is 4.79 Å². The van der Waals surface area contributed by atoms with E-state index in [9.17, 15) is 18.0 Å². The zero-order valence-corrected chi connectivity index (χ0v) is 14.8. The van der Waals surface area contributed by atoms with Crippen LogP contribution in [0.5, 0.6) is 5.75 Å². The molecule has 25 heavy (non-hydrogen) atoms. The van der Waals surface area contributed by atoms with Gasteiger partial charge in [0, 0.05) is 25.2 Å². The van der Waals surface area contributed by atoms with Gasteiger partial charge < -0.3 is 14.5 Å². The minimum absolute atomic E-state index is 0.0525. The molecule has 1 aromatic rings. The first-order chi connectivity index (χ1) is 11.7. The zero-order chi connectivity index (χ0) is 18.6. The van der Waals surface area contributed by atoms with Crippen molar-refractivity contribution in [2.45, 2.75) is 39.1 Å². The van der Waals surface area contributed by atoms with Crippen molar-refractivity contribution in [3.63, 3.8) is 0 Å². The Morgan fingerprint density at radius 2 is 1.76 bits per heavy atom. The Kier molecular flexibility index (Phi) is 6.32. The minimum atomic E-state index is -4.74. The first-order valence-corrected chi connectivity index (χ1v) is 8.52. The largest absolute Gasteiger partial charge is 0.573 e. The smallest absolute Gasteiger partial charge is 0.406 e. The average molecular weight is 358 g/mol. The van der Waals surface area contributed by atoms with Gasteiger partial charge in [-0.25, -0.2) is 0 Å². The molecule has 1 aromatic carbocycles. The van der Waals surface area contributed by atoms with Crippen LogP contribution >= 0.6 is 0 Å². The van der Waals surface area contributed by atoms with Crippen LogP contribution in [0.1, 0.15) is 37.0 Å². The number of carbonyl (C=O) groups is 1. The van der Waals surface area contributed by atoms with Gasteiger partial charge in [-0.1, -0.05) is 13.8 Å². The molecule has 1 amide bonds. The van der Waals surface area contributed by atoms with E-state index >= 15 is 0 Å². The number of amides is 1. The van der Waals surface area contributed by atoms with Crippen molar-refractivity contribution in [2.75, 3.05) is 26.7 Å². The second-order valence-corrected chi connectivity index (χ2v) is 6.81. The summed E-state index contributed by atoms with van der Waals surface area (Å²) in [5.41, 5.74) is 0.351. The van der Waals surface area contributed by atoms with Gasteiger partial charge in [0.15, 0.2) is 0 Å². The Morgan fingerprint density at radius 1 is 1.20 bits per heavy atom. The molecule has 0 aliphatic carbocycles. The maximum atomic E-state index is 12.7. The third kappa shape index (κ3) is 5.63. The van der Waals surface area contributed by atoms with Crippen LogP contribution in [-0.4, -0.2) is 54.8 Å². The van der Waals surface area contributed by atoms with Gasteiger partial charge in [-0.15, -0.1) is 13.2 Å². The zero-order valence-electron chi connectivity index (χ0n) is 14.8. The SMILES string of the molecule is CC(C)[C@@H](CN1CCCC1)N(C)C(=O)c1ccc(OC(F)(F)F)cc1. The van der Waals surface area contributed by atoms with Crippen LogP contribution in [0.25, 0.3) is 0 Å². The average Bonchev–Trinajstić information content (AvgIpc) is 3.03. The summed E-state index contributed by atoms with van der Waals surface area (Å²) in [6, 6.07) is 5.12. The van der Waals surface area contributed by atoms with E-state index in [1.165, 1.54) is 37.1 Å². The van der Waals surface area contributed by atoms with E-state index in [0.717, 1.165) is 19.6 Å². The fraction of sp³-hybridized carbons (Fsp3) is 0.611. The number of rotatable bonds is 6. The molecule has 2 rings (SSSR count). The van der Waals surface area contributed by atoms with Gasteiger partial charge in [0.1, 0.15) is 5.75 Å². The highest BCUT2D eigenvalue weighted by Crippen LogP contribution is 2.24. The molecule has 1 saturated heterocycles. The molecule has 0 spiro atoms. The summed E-state index contributed by atoms with van der Waals surface area (Å²) in [5, 5.41) is 0. The highest BCUT2D eigenvalue weighted by Gasteiger charge is 2.31. The maximum absolute atomic E-state index is 12.7. The third-order valence-corrected chi connectivity index (χ3v) is 4.57. The van der Waals surface area contributed by atoms with Gasteiger partial charge in [0.2, 0.25) is 0 Å². The molecule has 0 bridgehead atoms. The number of nitrogens with zero attached hydrogens (tertiary/aromatic N) is 2. The molecule has 140 valence electrons. The highest BCUT2D eigenvalue weighted by molar-refractivity contribution is 5.94. The number of benzene rings is 1. The summed E-state index contributed by atoms with van der Waals surface area (Å²) in [7, 11) is 1.75. The summed E-state index contributed by atoms with van der Waals surface area (Å²) in [4.78, 5) is 16.8. The molecule has 0 aromatic heterocycles. The first kappa shape index (κ1) is 19.6. The first-order valence-electron chi connectivity index (χ1n) is 8.52. The van der Waals surface area contributed by atoms with Crippen LogP contribution in [-0.2, 0) is 0 Å². The lowest BCUT2D eigenvalue weighted by Gasteiger charge is -2.34. The summed E-state index contributed by atoms with van der Waals surface area (Å²) in [6.45, 7) is 7.06. The molecular weight excluding hydrogens is 333 g/mol. The normalized spacial score (nSPS) is 16.9. The van der Waals surface area contributed by atoms with E-state index in [2.05, 4.69) is 23.5 Å². The van der Waals surface area contributed by atoms with Crippen LogP contribution in [0.2, 0.25) is 0 Å². The number of carbonyl (C=O) groups excluding carboxylic acids is 1. The molecule has 1 aliphatic heterocycles. The standard InChI is InChI=1S/C18H25F3N2O2/c1-13(2)16(12-23-10-4-5-11-23)22(3)17(24)14-6-8-15(9-7-14)25-18(19,20)21/h6-9,13,16H,4-5,10-12H2,1-3H3/t16-/m1/s1. The number of halogens is 3. The lowest BCUT2D eigenvalue weighted by atomic mass is 10.0. The topological polar surface area (TPSA) is 32.8 Å². The second-order valence-electron chi connectivity index (χ2n) is 6.81. The van der Waals surface area contributed by atoms with Gasteiger partial charge in [-0.05, 0) is 56.1 Å². The van der Waals surface area contributed by atoms with Crippen LogP contribution in [0.15, 0.2) is 24.3 Å². The molecule has 1 atom stereocenters. The number of alkyl halides is 3. The molecule has 7 heteroatoms. The van der Waals surface area contributed by atoms with E-state index < -0.39 is 6.36 Å². The monoisotopic (exact) mass is 358 g/mol. The number of hydrogen-bond acceptors (Lipinski definition) is 3. The van der Waals surface area contributed by atoms with Gasteiger partial charge in [0.05, 0.1) is 0 Å². The fourth-order valence-electron chi connectivity index (χ4n) is 3.16. The van der Waals surface area contributed by atoms with Crippen molar-refractivity contribution in [1.29, 1.82) is 0 Å². The van der Waals surface area contributed by atoms with Crippen molar-refractivity contribution < 1.29 is 22.7 Å².